The van der Waals surface area contributed by atoms with E-state index in [2.05, 4.69) is 0 Å². The van der Waals surface area contributed by atoms with E-state index >= 15 is 0 Å². The van der Waals surface area contributed by atoms with Gasteiger partial charge in [0.25, 0.3) is 5.56 Å². The number of rotatable bonds is 6. The quantitative estimate of drug-likeness (QED) is 0.462. The van der Waals surface area contributed by atoms with Crippen LogP contribution >= 0.6 is 23.1 Å². The van der Waals surface area contributed by atoms with Crippen molar-refractivity contribution in [2.45, 2.75) is 44.6 Å². The molecule has 3 heterocycles. The molecular formula is C21H23N3O4S2. The van der Waals surface area contributed by atoms with E-state index in [4.69, 9.17) is 20.2 Å². The number of hydrogen-bond acceptors (Lipinski definition) is 7. The average Bonchev–Trinajstić information content (AvgIpc) is 3.04. The van der Waals surface area contributed by atoms with Gasteiger partial charge in [-0.15, -0.1) is 11.3 Å². The summed E-state index contributed by atoms with van der Waals surface area (Å²) in [6.45, 7) is 6.99. The Morgan fingerprint density at radius 2 is 2.10 bits per heavy atom. The molecule has 0 radical (unpaired) electrons. The van der Waals surface area contributed by atoms with E-state index in [1.54, 1.807) is 4.57 Å². The zero-order valence-corrected chi connectivity index (χ0v) is 18.7. The van der Waals surface area contributed by atoms with Crippen molar-refractivity contribution in [3.05, 3.63) is 45.1 Å². The molecule has 0 spiro atoms. The Kier molecular flexibility index (Phi) is 5.61. The van der Waals surface area contributed by atoms with Gasteiger partial charge in [0.1, 0.15) is 10.6 Å². The van der Waals surface area contributed by atoms with Crippen molar-refractivity contribution in [3.63, 3.8) is 0 Å². The molecule has 158 valence electrons. The number of carbonyl (C=O) groups excluding carboxylic acids is 1. The lowest BCUT2D eigenvalue weighted by molar-refractivity contribution is -0.115. The number of primary amides is 1. The molecule has 2 N–H and O–H groups in total. The number of thioether (sulfide) groups is 1. The lowest BCUT2D eigenvalue weighted by atomic mass is 9.94. The molecule has 3 aromatic rings. The van der Waals surface area contributed by atoms with Crippen LogP contribution in [0.25, 0.3) is 15.9 Å². The molecular weight excluding hydrogens is 422 g/mol. The number of fused-ring (bicyclic) bond motifs is 3. The summed E-state index contributed by atoms with van der Waals surface area (Å²) >= 11 is 2.64. The molecule has 1 aromatic carbocycles. The van der Waals surface area contributed by atoms with Crippen LogP contribution in [-0.4, -0.2) is 33.4 Å². The zero-order chi connectivity index (χ0) is 21.5. The summed E-state index contributed by atoms with van der Waals surface area (Å²) in [6.07, 6.45) is 0.649. The van der Waals surface area contributed by atoms with Crippen molar-refractivity contribution >= 4 is 39.2 Å². The van der Waals surface area contributed by atoms with E-state index in [0.717, 1.165) is 28.0 Å². The Balaban J connectivity index is 1.91. The highest BCUT2D eigenvalue weighted by Crippen LogP contribution is 2.38. The van der Waals surface area contributed by atoms with Crippen LogP contribution in [0, 0.1) is 0 Å². The van der Waals surface area contributed by atoms with Gasteiger partial charge in [-0.25, -0.2) is 4.98 Å². The predicted molar refractivity (Wildman–Crippen MR) is 119 cm³/mol. The van der Waals surface area contributed by atoms with Gasteiger partial charge in [-0.2, -0.15) is 0 Å². The van der Waals surface area contributed by atoms with Crippen molar-refractivity contribution in [2.75, 3.05) is 12.4 Å². The molecule has 0 aliphatic carbocycles. The summed E-state index contributed by atoms with van der Waals surface area (Å²) in [4.78, 5) is 31.5. The molecule has 1 aliphatic rings. The topological polar surface area (TPSA) is 96.4 Å². The van der Waals surface area contributed by atoms with Crippen molar-refractivity contribution in [1.82, 2.24) is 9.55 Å². The number of ether oxygens (including phenoxy) is 2. The summed E-state index contributed by atoms with van der Waals surface area (Å²) in [6, 6.07) is 7.27. The molecule has 0 saturated heterocycles. The third kappa shape index (κ3) is 3.97. The van der Waals surface area contributed by atoms with Crippen LogP contribution < -0.4 is 16.0 Å². The zero-order valence-electron chi connectivity index (χ0n) is 17.1. The summed E-state index contributed by atoms with van der Waals surface area (Å²) in [5.74, 6) is 0.297. The maximum atomic E-state index is 13.7. The molecule has 0 bridgehead atoms. The molecule has 7 nitrogen and oxygen atoms in total. The summed E-state index contributed by atoms with van der Waals surface area (Å²) < 4.78 is 13.0. The van der Waals surface area contributed by atoms with E-state index < -0.39 is 5.91 Å². The number of nitrogens with two attached hydrogens (primary N) is 1. The monoisotopic (exact) mass is 445 g/mol. The van der Waals surface area contributed by atoms with Crippen molar-refractivity contribution in [2.24, 2.45) is 5.73 Å². The van der Waals surface area contributed by atoms with Gasteiger partial charge in [0, 0.05) is 11.3 Å². The van der Waals surface area contributed by atoms with Crippen molar-refractivity contribution < 1.29 is 14.3 Å². The van der Waals surface area contributed by atoms with Gasteiger partial charge in [-0.3, -0.25) is 14.2 Å². The third-order valence-electron chi connectivity index (χ3n) is 4.82. The molecule has 4 rings (SSSR count). The Hall–Kier alpha value is -2.36. The molecule has 1 aliphatic heterocycles. The molecule has 0 atom stereocenters. The average molecular weight is 446 g/mol. The van der Waals surface area contributed by atoms with Gasteiger partial charge < -0.3 is 15.2 Å². The molecule has 9 heteroatoms. The van der Waals surface area contributed by atoms with Gasteiger partial charge in [-0.05, 0) is 50.6 Å². The second-order valence-electron chi connectivity index (χ2n) is 7.63. The SMILES string of the molecule is CCOc1ccc(-n2c(SCC(N)=O)nc3sc4c(c3c2=O)CC(C)(C)OC4)cc1. The van der Waals surface area contributed by atoms with Gasteiger partial charge in [0.05, 0.1) is 35.6 Å². The van der Waals surface area contributed by atoms with Crippen LogP contribution in [0.15, 0.2) is 34.2 Å². The highest BCUT2D eigenvalue weighted by atomic mass is 32.2. The van der Waals surface area contributed by atoms with Gasteiger partial charge in [0.15, 0.2) is 5.16 Å². The van der Waals surface area contributed by atoms with Crippen LogP contribution in [0.1, 0.15) is 31.2 Å². The molecule has 0 saturated carbocycles. The van der Waals surface area contributed by atoms with E-state index in [1.165, 1.54) is 11.3 Å². The van der Waals surface area contributed by atoms with Crippen LogP contribution in [0.2, 0.25) is 0 Å². The fourth-order valence-electron chi connectivity index (χ4n) is 3.49. The van der Waals surface area contributed by atoms with Gasteiger partial charge >= 0.3 is 0 Å². The van der Waals surface area contributed by atoms with Crippen LogP contribution in [-0.2, 0) is 22.6 Å². The Labute approximate surface area is 182 Å². The molecule has 0 unspecified atom stereocenters. The number of nitrogens with zero attached hydrogens (tertiary/aromatic N) is 2. The first-order valence-corrected chi connectivity index (χ1v) is 11.4. The normalized spacial score (nSPS) is 15.2. The second-order valence-corrected chi connectivity index (χ2v) is 9.65. The van der Waals surface area contributed by atoms with E-state index in [0.29, 0.717) is 40.7 Å². The maximum absolute atomic E-state index is 13.7. The first-order valence-electron chi connectivity index (χ1n) is 9.64. The predicted octanol–water partition coefficient (Wildman–Crippen LogP) is 3.27. The maximum Gasteiger partial charge on any atom is 0.267 e. The first-order chi connectivity index (χ1) is 14.3. The highest BCUT2D eigenvalue weighted by molar-refractivity contribution is 7.99. The lowest BCUT2D eigenvalue weighted by Crippen LogP contribution is -2.32. The van der Waals surface area contributed by atoms with Crippen LogP contribution in [0.3, 0.4) is 0 Å². The van der Waals surface area contributed by atoms with Gasteiger partial charge in [0.2, 0.25) is 5.91 Å². The van der Waals surface area contributed by atoms with Crippen molar-refractivity contribution in [3.8, 4) is 11.4 Å². The molecule has 0 fully saturated rings. The summed E-state index contributed by atoms with van der Waals surface area (Å²) in [5.41, 5.74) is 6.53. The standard InChI is InChI=1S/C21H23N3O4S2/c1-4-27-13-7-5-12(6-8-13)24-19(26)17-14-9-21(2,3)28-10-15(14)30-18(17)23-20(24)29-11-16(22)25/h5-8H,4,9-11H2,1-3H3,(H2,22,25). The molecule has 2 aromatic heterocycles. The first kappa shape index (κ1) is 20.9. The highest BCUT2D eigenvalue weighted by Gasteiger charge is 2.31. The van der Waals surface area contributed by atoms with E-state index in [1.807, 2.05) is 45.0 Å². The van der Waals surface area contributed by atoms with Crippen molar-refractivity contribution in [1.29, 1.82) is 0 Å². The van der Waals surface area contributed by atoms with E-state index in [9.17, 15) is 9.59 Å². The smallest absolute Gasteiger partial charge is 0.267 e. The Morgan fingerprint density at radius 1 is 1.37 bits per heavy atom. The number of hydrogen-bond donors (Lipinski definition) is 1. The minimum absolute atomic E-state index is 0.0379. The lowest BCUT2D eigenvalue weighted by Gasteiger charge is -2.29. The number of aromatic nitrogens is 2. The number of carbonyl (C=O) groups is 1. The largest absolute Gasteiger partial charge is 0.494 e. The van der Waals surface area contributed by atoms with Crippen LogP contribution in [0.5, 0.6) is 5.75 Å². The fraction of sp³-hybridized carbons (Fsp3) is 0.381. The second kappa shape index (κ2) is 8.05. The Bertz CT molecular complexity index is 1170. The summed E-state index contributed by atoms with van der Waals surface area (Å²) in [5, 5.41) is 1.07. The molecule has 1 amide bonds. The summed E-state index contributed by atoms with van der Waals surface area (Å²) in [7, 11) is 0. The minimum Gasteiger partial charge on any atom is -0.494 e. The van der Waals surface area contributed by atoms with Crippen LogP contribution in [0.4, 0.5) is 0 Å². The van der Waals surface area contributed by atoms with E-state index in [-0.39, 0.29) is 16.9 Å². The Morgan fingerprint density at radius 3 is 2.77 bits per heavy atom. The minimum atomic E-state index is -0.465. The number of benzene rings is 1. The molecule has 30 heavy (non-hydrogen) atoms. The third-order valence-corrected chi connectivity index (χ3v) is 6.88. The number of amides is 1. The fourth-order valence-corrected chi connectivity index (χ4v) is 5.39. The van der Waals surface area contributed by atoms with Gasteiger partial charge in [-0.1, -0.05) is 11.8 Å². The number of thiophene rings is 1.